The van der Waals surface area contributed by atoms with Crippen LogP contribution < -0.4 is 10.1 Å². The smallest absolute Gasteiger partial charge is 0.165 e. The van der Waals surface area contributed by atoms with Crippen LogP contribution in [0.25, 0.3) is 0 Å². The van der Waals surface area contributed by atoms with E-state index in [9.17, 15) is 8.78 Å². The Hall–Kier alpha value is -1.65. The number of benzene rings is 2. The molecule has 0 aliphatic heterocycles. The zero-order chi connectivity index (χ0) is 14.5. The summed E-state index contributed by atoms with van der Waals surface area (Å²) in [5.41, 5.74) is 1.14. The highest BCUT2D eigenvalue weighted by atomic mass is 35.5. The van der Waals surface area contributed by atoms with Gasteiger partial charge in [-0.25, -0.2) is 8.78 Å². The fraction of sp³-hybridized carbons (Fsp3) is 0.200. The van der Waals surface area contributed by atoms with Gasteiger partial charge in [-0.2, -0.15) is 0 Å². The third-order valence-electron chi connectivity index (χ3n) is 2.78. The molecule has 2 aromatic rings. The van der Waals surface area contributed by atoms with E-state index in [2.05, 4.69) is 5.32 Å². The zero-order valence-electron chi connectivity index (χ0n) is 10.9. The molecule has 0 spiro atoms. The fourth-order valence-electron chi connectivity index (χ4n) is 1.77. The van der Waals surface area contributed by atoms with Crippen molar-refractivity contribution in [2.24, 2.45) is 0 Å². The summed E-state index contributed by atoms with van der Waals surface area (Å²) in [6.45, 7) is 0.522. The van der Waals surface area contributed by atoms with Gasteiger partial charge in [0.25, 0.3) is 0 Å². The maximum atomic E-state index is 13.8. The molecule has 0 aliphatic carbocycles. The molecule has 0 heterocycles. The van der Waals surface area contributed by atoms with E-state index in [1.165, 1.54) is 24.3 Å². The van der Waals surface area contributed by atoms with Crippen LogP contribution in [0.2, 0.25) is 5.02 Å². The Morgan fingerprint density at radius 3 is 2.55 bits per heavy atom. The molecule has 2 aromatic carbocycles. The average Bonchev–Trinajstić information content (AvgIpc) is 2.40. The highest BCUT2D eigenvalue weighted by Gasteiger charge is 2.08. The van der Waals surface area contributed by atoms with Crippen LogP contribution in [0.5, 0.6) is 5.75 Å². The number of halogens is 3. The van der Waals surface area contributed by atoms with Gasteiger partial charge >= 0.3 is 0 Å². The Morgan fingerprint density at radius 2 is 1.90 bits per heavy atom. The summed E-state index contributed by atoms with van der Waals surface area (Å²) in [5.74, 6) is -0.837. The Labute approximate surface area is 121 Å². The Kier molecular flexibility index (Phi) is 4.93. The minimum atomic E-state index is -0.468. The quantitative estimate of drug-likeness (QED) is 0.903. The van der Waals surface area contributed by atoms with Crippen molar-refractivity contribution in [3.05, 3.63) is 64.2 Å². The van der Waals surface area contributed by atoms with Gasteiger partial charge in [0.15, 0.2) is 11.6 Å². The summed E-state index contributed by atoms with van der Waals surface area (Å²) in [5, 5.41) is 3.25. The molecule has 0 bridgehead atoms. The van der Waals surface area contributed by atoms with Crippen molar-refractivity contribution in [1.82, 2.24) is 5.32 Å². The second-order valence-electron chi connectivity index (χ2n) is 4.32. The van der Waals surface area contributed by atoms with E-state index in [1.807, 2.05) is 0 Å². The van der Waals surface area contributed by atoms with Gasteiger partial charge < -0.3 is 10.1 Å². The number of nitrogens with one attached hydrogen (secondary N) is 1. The molecule has 0 aliphatic rings. The molecular weight excluding hydrogens is 284 g/mol. The van der Waals surface area contributed by atoms with Crippen molar-refractivity contribution in [3.63, 3.8) is 0 Å². The van der Waals surface area contributed by atoms with E-state index >= 15 is 0 Å². The maximum absolute atomic E-state index is 13.8. The van der Waals surface area contributed by atoms with E-state index < -0.39 is 11.6 Å². The molecule has 0 unspecified atom stereocenters. The predicted molar refractivity (Wildman–Crippen MR) is 74.9 cm³/mol. The van der Waals surface area contributed by atoms with Crippen LogP contribution in [0.15, 0.2) is 36.4 Å². The van der Waals surface area contributed by atoms with Crippen LogP contribution in [0.4, 0.5) is 8.78 Å². The Balaban J connectivity index is 2.07. The summed E-state index contributed by atoms with van der Waals surface area (Å²) in [4.78, 5) is 0. The molecule has 20 heavy (non-hydrogen) atoms. The number of hydrogen-bond acceptors (Lipinski definition) is 2. The SMILES string of the molecule is CNCc1ccc(OCc2ccc(Cl)cc2F)c(F)c1. The first-order valence-corrected chi connectivity index (χ1v) is 6.47. The first-order valence-electron chi connectivity index (χ1n) is 6.10. The first-order chi connectivity index (χ1) is 9.60. The Bertz CT molecular complexity index is 604. The lowest BCUT2D eigenvalue weighted by atomic mass is 10.2. The summed E-state index contributed by atoms with van der Waals surface area (Å²) in [6, 6.07) is 8.97. The van der Waals surface area contributed by atoms with Crippen molar-refractivity contribution in [2.75, 3.05) is 7.05 Å². The standard InChI is InChI=1S/C15H14ClF2NO/c1-19-8-10-2-5-15(14(18)6-10)20-9-11-3-4-12(16)7-13(11)17/h2-7,19H,8-9H2,1H3. The van der Waals surface area contributed by atoms with Crippen LogP contribution in [0.3, 0.4) is 0 Å². The van der Waals surface area contributed by atoms with Gasteiger partial charge in [0, 0.05) is 17.1 Å². The van der Waals surface area contributed by atoms with Gasteiger partial charge in [-0.05, 0) is 36.9 Å². The first kappa shape index (κ1) is 14.8. The molecular formula is C15H14ClF2NO. The normalized spacial score (nSPS) is 10.6. The van der Waals surface area contributed by atoms with Crippen LogP contribution in [0.1, 0.15) is 11.1 Å². The summed E-state index contributed by atoms with van der Waals surface area (Å²) in [6.07, 6.45) is 0. The van der Waals surface area contributed by atoms with Crippen molar-refractivity contribution >= 4 is 11.6 Å². The Morgan fingerprint density at radius 1 is 1.10 bits per heavy atom. The molecule has 0 amide bonds. The van der Waals surface area contributed by atoms with Crippen molar-refractivity contribution in [3.8, 4) is 5.75 Å². The second kappa shape index (κ2) is 6.68. The van der Waals surface area contributed by atoms with E-state index in [0.717, 1.165) is 5.56 Å². The van der Waals surface area contributed by atoms with Gasteiger partial charge in [-0.3, -0.25) is 0 Å². The molecule has 0 atom stereocenters. The minimum Gasteiger partial charge on any atom is -0.486 e. The van der Waals surface area contributed by atoms with Crippen LogP contribution in [-0.2, 0) is 13.2 Å². The predicted octanol–water partition coefficient (Wildman–Crippen LogP) is 3.92. The highest BCUT2D eigenvalue weighted by molar-refractivity contribution is 6.30. The monoisotopic (exact) mass is 297 g/mol. The van der Waals surface area contributed by atoms with Crippen LogP contribution in [-0.4, -0.2) is 7.05 Å². The second-order valence-corrected chi connectivity index (χ2v) is 4.76. The summed E-state index contributed by atoms with van der Waals surface area (Å²) < 4.78 is 32.6. The molecule has 106 valence electrons. The lowest BCUT2D eigenvalue weighted by molar-refractivity contribution is 0.284. The third-order valence-corrected chi connectivity index (χ3v) is 3.01. The largest absolute Gasteiger partial charge is 0.486 e. The van der Waals surface area contributed by atoms with Gasteiger partial charge in [0.2, 0.25) is 0 Å². The maximum Gasteiger partial charge on any atom is 0.165 e. The number of rotatable bonds is 5. The molecule has 2 nitrogen and oxygen atoms in total. The zero-order valence-corrected chi connectivity index (χ0v) is 11.7. The molecule has 0 saturated carbocycles. The van der Waals surface area contributed by atoms with E-state index in [0.29, 0.717) is 17.1 Å². The van der Waals surface area contributed by atoms with Gasteiger partial charge in [0.05, 0.1) is 0 Å². The molecule has 0 fully saturated rings. The summed E-state index contributed by atoms with van der Waals surface area (Å²) in [7, 11) is 1.78. The minimum absolute atomic E-state index is 0.0503. The molecule has 2 rings (SSSR count). The average molecular weight is 298 g/mol. The molecule has 0 radical (unpaired) electrons. The van der Waals surface area contributed by atoms with E-state index in [-0.39, 0.29) is 12.4 Å². The number of hydrogen-bond donors (Lipinski definition) is 1. The molecule has 5 heteroatoms. The fourth-order valence-corrected chi connectivity index (χ4v) is 1.93. The topological polar surface area (TPSA) is 21.3 Å². The highest BCUT2D eigenvalue weighted by Crippen LogP contribution is 2.21. The van der Waals surface area contributed by atoms with Crippen molar-refractivity contribution in [2.45, 2.75) is 13.2 Å². The third kappa shape index (κ3) is 3.68. The van der Waals surface area contributed by atoms with Gasteiger partial charge in [0.1, 0.15) is 12.4 Å². The lowest BCUT2D eigenvalue weighted by Crippen LogP contribution is -2.06. The van der Waals surface area contributed by atoms with E-state index in [4.69, 9.17) is 16.3 Å². The molecule has 0 aromatic heterocycles. The molecule has 1 N–H and O–H groups in total. The lowest BCUT2D eigenvalue weighted by Gasteiger charge is -2.09. The number of ether oxygens (including phenoxy) is 1. The van der Waals surface area contributed by atoms with Crippen LogP contribution >= 0.6 is 11.6 Å². The van der Waals surface area contributed by atoms with Gasteiger partial charge in [-0.15, -0.1) is 0 Å². The molecule has 0 saturated heterocycles. The van der Waals surface area contributed by atoms with Crippen molar-refractivity contribution in [1.29, 1.82) is 0 Å². The summed E-state index contributed by atoms with van der Waals surface area (Å²) >= 11 is 5.66. The van der Waals surface area contributed by atoms with Gasteiger partial charge in [-0.1, -0.05) is 23.7 Å². The van der Waals surface area contributed by atoms with Crippen LogP contribution in [0, 0.1) is 11.6 Å². The van der Waals surface area contributed by atoms with E-state index in [1.54, 1.807) is 19.2 Å². The van der Waals surface area contributed by atoms with Crippen molar-refractivity contribution < 1.29 is 13.5 Å².